The Kier molecular flexibility index (Phi) is 3.80. The Morgan fingerprint density at radius 1 is 1.50 bits per heavy atom. The van der Waals surface area contributed by atoms with Crippen LogP contribution < -0.4 is 5.32 Å². The maximum atomic E-state index is 12.6. The van der Waals surface area contributed by atoms with Gasteiger partial charge in [0.15, 0.2) is 5.78 Å². The molecule has 2 heteroatoms. The minimum atomic E-state index is -0.0576. The molecule has 0 aromatic heterocycles. The van der Waals surface area contributed by atoms with E-state index >= 15 is 0 Å². The average molecular weight is 221 g/mol. The van der Waals surface area contributed by atoms with Gasteiger partial charge in [0.1, 0.15) is 0 Å². The Labute approximate surface area is 98.5 Å². The maximum Gasteiger partial charge on any atom is 0.165 e. The highest BCUT2D eigenvalue weighted by atomic mass is 16.1. The lowest BCUT2D eigenvalue weighted by Crippen LogP contribution is -2.35. The lowest BCUT2D eigenvalue weighted by atomic mass is 9.74. The summed E-state index contributed by atoms with van der Waals surface area (Å²) in [6.07, 6.45) is 9.99. The largest absolute Gasteiger partial charge is 0.316 e. The zero-order chi connectivity index (χ0) is 11.4. The number of Topliss-reactive ketones (excluding diaryl/α,β-unsaturated/α-hetero) is 1. The predicted octanol–water partition coefficient (Wildman–Crippen LogP) is 2.84. The van der Waals surface area contributed by atoms with Gasteiger partial charge in [0.05, 0.1) is 0 Å². The van der Waals surface area contributed by atoms with E-state index in [2.05, 4.69) is 18.3 Å². The standard InChI is InChI=1S/C14H23NO/c1-2-8-14(9-10-15-11-14)13(16)12-6-4-3-5-7-12/h6,15H,2-5,7-11H2,1H3. The third-order valence-corrected chi connectivity index (χ3v) is 4.04. The smallest absolute Gasteiger partial charge is 0.165 e. The van der Waals surface area contributed by atoms with Crippen molar-refractivity contribution < 1.29 is 4.79 Å². The third kappa shape index (κ3) is 2.22. The lowest BCUT2D eigenvalue weighted by molar-refractivity contribution is -0.124. The molecule has 16 heavy (non-hydrogen) atoms. The van der Waals surface area contributed by atoms with Crippen molar-refractivity contribution in [3.63, 3.8) is 0 Å². The van der Waals surface area contributed by atoms with Gasteiger partial charge >= 0.3 is 0 Å². The number of allylic oxidation sites excluding steroid dienone is 2. The Hall–Kier alpha value is -0.630. The molecule has 2 aliphatic rings. The van der Waals surface area contributed by atoms with Gasteiger partial charge in [-0.25, -0.2) is 0 Å². The summed E-state index contributed by atoms with van der Waals surface area (Å²) in [6, 6.07) is 0. The van der Waals surface area contributed by atoms with Gasteiger partial charge in [-0.05, 0) is 50.6 Å². The molecule has 0 saturated carbocycles. The molecule has 90 valence electrons. The summed E-state index contributed by atoms with van der Waals surface area (Å²) in [5.74, 6) is 0.457. The molecule has 2 rings (SSSR count). The first-order valence-corrected chi connectivity index (χ1v) is 6.73. The molecule has 0 amide bonds. The second kappa shape index (κ2) is 5.13. The zero-order valence-electron chi connectivity index (χ0n) is 10.3. The second-order valence-corrected chi connectivity index (χ2v) is 5.26. The van der Waals surface area contributed by atoms with E-state index in [9.17, 15) is 4.79 Å². The molecule has 1 unspecified atom stereocenters. The van der Waals surface area contributed by atoms with E-state index in [1.165, 1.54) is 12.8 Å². The SMILES string of the molecule is CCCC1(C(=O)C2=CCCCC2)CCNC1. The van der Waals surface area contributed by atoms with Crippen molar-refractivity contribution in [2.75, 3.05) is 13.1 Å². The van der Waals surface area contributed by atoms with Crippen LogP contribution >= 0.6 is 0 Å². The summed E-state index contributed by atoms with van der Waals surface area (Å²) in [6.45, 7) is 4.10. The molecule has 0 radical (unpaired) electrons. The van der Waals surface area contributed by atoms with Crippen molar-refractivity contribution in [1.29, 1.82) is 0 Å². The van der Waals surface area contributed by atoms with Crippen molar-refractivity contribution in [1.82, 2.24) is 5.32 Å². The van der Waals surface area contributed by atoms with Crippen molar-refractivity contribution >= 4 is 5.78 Å². The molecular formula is C14H23NO. The van der Waals surface area contributed by atoms with Gasteiger partial charge < -0.3 is 5.32 Å². The third-order valence-electron chi connectivity index (χ3n) is 4.04. The van der Waals surface area contributed by atoms with E-state index in [0.29, 0.717) is 5.78 Å². The topological polar surface area (TPSA) is 29.1 Å². The molecule has 0 aromatic carbocycles. The fourth-order valence-electron chi connectivity index (χ4n) is 3.13. The van der Waals surface area contributed by atoms with Gasteiger partial charge in [-0.15, -0.1) is 0 Å². The Bertz CT molecular complexity index is 287. The maximum absolute atomic E-state index is 12.6. The van der Waals surface area contributed by atoms with E-state index < -0.39 is 0 Å². The molecule has 1 aliphatic heterocycles. The van der Waals surface area contributed by atoms with E-state index in [-0.39, 0.29) is 5.41 Å². The first-order valence-electron chi connectivity index (χ1n) is 6.73. The molecular weight excluding hydrogens is 198 g/mol. The van der Waals surface area contributed by atoms with Crippen LogP contribution in [0.2, 0.25) is 0 Å². The van der Waals surface area contributed by atoms with E-state index in [0.717, 1.165) is 50.8 Å². The lowest BCUT2D eigenvalue weighted by Gasteiger charge is -2.28. The van der Waals surface area contributed by atoms with Gasteiger partial charge in [-0.2, -0.15) is 0 Å². The van der Waals surface area contributed by atoms with Crippen LogP contribution in [0, 0.1) is 5.41 Å². The quantitative estimate of drug-likeness (QED) is 0.791. The highest BCUT2D eigenvalue weighted by Crippen LogP contribution is 2.36. The summed E-state index contributed by atoms with van der Waals surface area (Å²) in [5, 5.41) is 3.37. The number of carbonyl (C=O) groups is 1. The summed E-state index contributed by atoms with van der Waals surface area (Å²) >= 11 is 0. The summed E-state index contributed by atoms with van der Waals surface area (Å²) < 4.78 is 0. The monoisotopic (exact) mass is 221 g/mol. The fourth-order valence-corrected chi connectivity index (χ4v) is 3.13. The van der Waals surface area contributed by atoms with Crippen molar-refractivity contribution in [3.05, 3.63) is 11.6 Å². The number of hydrogen-bond acceptors (Lipinski definition) is 2. The molecule has 1 fully saturated rings. The van der Waals surface area contributed by atoms with Crippen LogP contribution in [-0.4, -0.2) is 18.9 Å². The fraction of sp³-hybridized carbons (Fsp3) is 0.786. The normalized spacial score (nSPS) is 30.2. The summed E-state index contributed by atoms with van der Waals surface area (Å²) in [4.78, 5) is 12.6. The molecule has 0 bridgehead atoms. The van der Waals surface area contributed by atoms with Gasteiger partial charge in [-0.3, -0.25) is 4.79 Å². The molecule has 1 heterocycles. The number of nitrogens with one attached hydrogen (secondary N) is 1. The average Bonchev–Trinajstić information content (AvgIpc) is 2.80. The van der Waals surface area contributed by atoms with Crippen molar-refractivity contribution in [2.45, 2.75) is 51.9 Å². The van der Waals surface area contributed by atoms with Gasteiger partial charge in [0.25, 0.3) is 0 Å². The number of ketones is 1. The number of hydrogen-bond donors (Lipinski definition) is 1. The van der Waals surface area contributed by atoms with Crippen LogP contribution in [0.25, 0.3) is 0 Å². The van der Waals surface area contributed by atoms with Crippen LogP contribution in [0.5, 0.6) is 0 Å². The van der Waals surface area contributed by atoms with Gasteiger partial charge in [-0.1, -0.05) is 19.4 Å². The van der Waals surface area contributed by atoms with Crippen LogP contribution in [0.1, 0.15) is 51.9 Å². The van der Waals surface area contributed by atoms with E-state index in [1.807, 2.05) is 0 Å². The van der Waals surface area contributed by atoms with Crippen LogP contribution in [0.3, 0.4) is 0 Å². The Morgan fingerprint density at radius 3 is 2.94 bits per heavy atom. The Morgan fingerprint density at radius 2 is 2.38 bits per heavy atom. The van der Waals surface area contributed by atoms with Crippen molar-refractivity contribution in [3.8, 4) is 0 Å². The second-order valence-electron chi connectivity index (χ2n) is 5.26. The first kappa shape index (κ1) is 11.8. The molecule has 0 spiro atoms. The van der Waals surface area contributed by atoms with Crippen LogP contribution in [0.4, 0.5) is 0 Å². The van der Waals surface area contributed by atoms with Crippen LogP contribution in [0.15, 0.2) is 11.6 Å². The minimum Gasteiger partial charge on any atom is -0.316 e. The zero-order valence-corrected chi connectivity index (χ0v) is 10.3. The highest BCUT2D eigenvalue weighted by Gasteiger charge is 2.41. The molecule has 1 saturated heterocycles. The first-order chi connectivity index (χ1) is 7.78. The number of rotatable bonds is 4. The molecule has 1 aliphatic carbocycles. The molecule has 1 atom stereocenters. The number of carbonyl (C=O) groups excluding carboxylic acids is 1. The van der Waals surface area contributed by atoms with Crippen molar-refractivity contribution in [2.24, 2.45) is 5.41 Å². The highest BCUT2D eigenvalue weighted by molar-refractivity contribution is 6.00. The Balaban J connectivity index is 2.13. The minimum absolute atomic E-state index is 0.0576. The molecule has 2 nitrogen and oxygen atoms in total. The molecule has 0 aromatic rings. The molecule has 1 N–H and O–H groups in total. The van der Waals surface area contributed by atoms with Gasteiger partial charge in [0.2, 0.25) is 0 Å². The summed E-state index contributed by atoms with van der Waals surface area (Å²) in [5.41, 5.74) is 1.07. The van der Waals surface area contributed by atoms with E-state index in [4.69, 9.17) is 0 Å². The van der Waals surface area contributed by atoms with Crippen LogP contribution in [-0.2, 0) is 4.79 Å². The van der Waals surface area contributed by atoms with E-state index in [1.54, 1.807) is 0 Å². The predicted molar refractivity (Wildman–Crippen MR) is 66.4 cm³/mol. The van der Waals surface area contributed by atoms with Gasteiger partial charge in [0, 0.05) is 12.0 Å². The summed E-state index contributed by atoms with van der Waals surface area (Å²) in [7, 11) is 0.